The van der Waals surface area contributed by atoms with Crippen molar-refractivity contribution in [3.8, 4) is 0 Å². The van der Waals surface area contributed by atoms with Crippen molar-refractivity contribution in [3.63, 3.8) is 0 Å². The molecule has 110 valence electrons. The van der Waals surface area contributed by atoms with Crippen LogP contribution in [0.1, 0.15) is 29.9 Å². The van der Waals surface area contributed by atoms with Crippen LogP contribution in [0.25, 0.3) is 11.0 Å². The van der Waals surface area contributed by atoms with Gasteiger partial charge < -0.3 is 9.88 Å². The van der Waals surface area contributed by atoms with Gasteiger partial charge in [-0.1, -0.05) is 19.1 Å². The molecule has 2 aromatic heterocycles. The molecular formula is C17H21N3S. The summed E-state index contributed by atoms with van der Waals surface area (Å²) < 4.78 is 2.21. The van der Waals surface area contributed by atoms with Crippen LogP contribution in [-0.2, 0) is 13.5 Å². The lowest BCUT2D eigenvalue weighted by Crippen LogP contribution is -2.24. The molecular weight excluding hydrogens is 278 g/mol. The van der Waals surface area contributed by atoms with E-state index in [4.69, 9.17) is 4.98 Å². The molecule has 2 heterocycles. The van der Waals surface area contributed by atoms with Gasteiger partial charge in [0, 0.05) is 19.5 Å². The minimum atomic E-state index is 0.330. The molecule has 0 fully saturated rings. The summed E-state index contributed by atoms with van der Waals surface area (Å²) in [5.74, 6) is 1.13. The topological polar surface area (TPSA) is 29.9 Å². The van der Waals surface area contributed by atoms with E-state index >= 15 is 0 Å². The van der Waals surface area contributed by atoms with Gasteiger partial charge in [-0.15, -0.1) is 0 Å². The van der Waals surface area contributed by atoms with Gasteiger partial charge in [-0.25, -0.2) is 4.98 Å². The fraction of sp³-hybridized carbons (Fsp3) is 0.353. The van der Waals surface area contributed by atoms with E-state index in [0.29, 0.717) is 6.04 Å². The smallest absolute Gasteiger partial charge is 0.111 e. The van der Waals surface area contributed by atoms with E-state index in [-0.39, 0.29) is 0 Å². The SMILES string of the molecule is CCNC(Cc1nc2ccccc2n1C)c1cscc1C. The number of hydrogen-bond acceptors (Lipinski definition) is 3. The fourth-order valence-corrected chi connectivity index (χ4v) is 3.73. The molecule has 3 aromatic rings. The highest BCUT2D eigenvalue weighted by atomic mass is 32.1. The second kappa shape index (κ2) is 6.00. The van der Waals surface area contributed by atoms with Crippen molar-refractivity contribution < 1.29 is 0 Å². The minimum absolute atomic E-state index is 0.330. The van der Waals surface area contributed by atoms with Crippen LogP contribution in [0.5, 0.6) is 0 Å². The molecule has 0 amide bonds. The molecule has 0 saturated carbocycles. The van der Waals surface area contributed by atoms with Gasteiger partial charge in [0.05, 0.1) is 11.0 Å². The number of rotatable bonds is 5. The van der Waals surface area contributed by atoms with Gasteiger partial charge in [0.1, 0.15) is 5.82 Å². The van der Waals surface area contributed by atoms with Crippen molar-refractivity contribution >= 4 is 22.4 Å². The Morgan fingerprint density at radius 3 is 2.76 bits per heavy atom. The summed E-state index contributed by atoms with van der Waals surface area (Å²) in [7, 11) is 2.11. The number of aryl methyl sites for hydroxylation is 2. The Balaban J connectivity index is 1.94. The van der Waals surface area contributed by atoms with E-state index < -0.39 is 0 Å². The first-order valence-electron chi connectivity index (χ1n) is 7.37. The molecule has 0 saturated heterocycles. The minimum Gasteiger partial charge on any atom is -0.331 e. The summed E-state index contributed by atoms with van der Waals surface area (Å²) in [5, 5.41) is 8.07. The van der Waals surface area contributed by atoms with Crippen LogP contribution in [0.4, 0.5) is 0 Å². The third-order valence-electron chi connectivity index (χ3n) is 3.99. The number of hydrogen-bond donors (Lipinski definition) is 1. The first-order chi connectivity index (χ1) is 10.2. The second-order valence-electron chi connectivity index (χ2n) is 5.40. The summed E-state index contributed by atoms with van der Waals surface area (Å²) in [4.78, 5) is 4.80. The van der Waals surface area contributed by atoms with E-state index in [0.717, 1.165) is 24.3 Å². The van der Waals surface area contributed by atoms with Gasteiger partial charge in [0.25, 0.3) is 0 Å². The van der Waals surface area contributed by atoms with Crippen molar-refractivity contribution in [1.29, 1.82) is 0 Å². The molecule has 0 bridgehead atoms. The Morgan fingerprint density at radius 1 is 1.29 bits per heavy atom. The van der Waals surface area contributed by atoms with Crippen LogP contribution >= 0.6 is 11.3 Å². The maximum Gasteiger partial charge on any atom is 0.111 e. The van der Waals surface area contributed by atoms with Crippen molar-refractivity contribution in [1.82, 2.24) is 14.9 Å². The average molecular weight is 299 g/mol. The number of para-hydroxylation sites is 2. The van der Waals surface area contributed by atoms with Gasteiger partial charge >= 0.3 is 0 Å². The largest absolute Gasteiger partial charge is 0.331 e. The lowest BCUT2D eigenvalue weighted by Gasteiger charge is -2.18. The molecule has 0 aliphatic carbocycles. The predicted octanol–water partition coefficient (Wildman–Crippen LogP) is 3.84. The van der Waals surface area contributed by atoms with E-state index in [9.17, 15) is 0 Å². The highest BCUT2D eigenvalue weighted by Crippen LogP contribution is 2.26. The number of aromatic nitrogens is 2. The summed E-state index contributed by atoms with van der Waals surface area (Å²) >= 11 is 1.77. The van der Waals surface area contributed by atoms with Crippen molar-refractivity contribution in [2.45, 2.75) is 26.3 Å². The molecule has 0 spiro atoms. The molecule has 4 heteroatoms. The number of imidazole rings is 1. The van der Waals surface area contributed by atoms with E-state index in [1.54, 1.807) is 11.3 Å². The van der Waals surface area contributed by atoms with Gasteiger partial charge in [-0.3, -0.25) is 0 Å². The normalized spacial score (nSPS) is 12.9. The number of nitrogens with one attached hydrogen (secondary N) is 1. The average Bonchev–Trinajstić information content (AvgIpc) is 3.04. The molecule has 1 atom stereocenters. The Bertz CT molecular complexity index is 741. The Labute approximate surface area is 129 Å². The standard InChI is InChI=1S/C17H21N3S/c1-4-18-15(13-11-21-10-12(13)2)9-17-19-14-7-5-6-8-16(14)20(17)3/h5-8,10-11,15,18H,4,9H2,1-3H3. The summed E-state index contributed by atoms with van der Waals surface area (Å²) in [6.45, 7) is 5.30. The highest BCUT2D eigenvalue weighted by molar-refractivity contribution is 7.08. The zero-order chi connectivity index (χ0) is 14.8. The second-order valence-corrected chi connectivity index (χ2v) is 6.14. The zero-order valence-electron chi connectivity index (χ0n) is 12.8. The first-order valence-corrected chi connectivity index (χ1v) is 8.31. The number of likely N-dealkylation sites (N-methyl/N-ethyl adjacent to an activating group) is 1. The van der Waals surface area contributed by atoms with Gasteiger partial charge in [0.2, 0.25) is 0 Å². The number of thiophene rings is 1. The first kappa shape index (κ1) is 14.3. The predicted molar refractivity (Wildman–Crippen MR) is 89.9 cm³/mol. The maximum atomic E-state index is 4.80. The lowest BCUT2D eigenvalue weighted by molar-refractivity contribution is 0.530. The number of benzene rings is 1. The van der Waals surface area contributed by atoms with E-state index in [2.05, 4.69) is 59.7 Å². The van der Waals surface area contributed by atoms with Crippen molar-refractivity contribution in [3.05, 3.63) is 52.0 Å². The van der Waals surface area contributed by atoms with Crippen LogP contribution in [0.2, 0.25) is 0 Å². The highest BCUT2D eigenvalue weighted by Gasteiger charge is 2.17. The molecule has 0 aliphatic heterocycles. The molecule has 21 heavy (non-hydrogen) atoms. The van der Waals surface area contributed by atoms with Gasteiger partial charge in [0.15, 0.2) is 0 Å². The van der Waals surface area contributed by atoms with Crippen LogP contribution < -0.4 is 5.32 Å². The molecule has 1 aromatic carbocycles. The Kier molecular flexibility index (Phi) is 4.08. The van der Waals surface area contributed by atoms with Crippen LogP contribution in [-0.4, -0.2) is 16.1 Å². The summed E-state index contributed by atoms with van der Waals surface area (Å²) in [5.41, 5.74) is 5.04. The van der Waals surface area contributed by atoms with Crippen LogP contribution in [0.3, 0.4) is 0 Å². The fourth-order valence-electron chi connectivity index (χ4n) is 2.83. The molecule has 1 unspecified atom stereocenters. The summed E-state index contributed by atoms with van der Waals surface area (Å²) in [6.07, 6.45) is 0.913. The summed E-state index contributed by atoms with van der Waals surface area (Å²) in [6, 6.07) is 8.65. The van der Waals surface area contributed by atoms with E-state index in [1.165, 1.54) is 16.6 Å². The monoisotopic (exact) mass is 299 g/mol. The number of nitrogens with zero attached hydrogens (tertiary/aromatic N) is 2. The third kappa shape index (κ3) is 2.74. The van der Waals surface area contributed by atoms with Crippen molar-refractivity contribution in [2.24, 2.45) is 7.05 Å². The van der Waals surface area contributed by atoms with Crippen molar-refractivity contribution in [2.75, 3.05) is 6.54 Å². The quantitative estimate of drug-likeness (QED) is 0.776. The lowest BCUT2D eigenvalue weighted by atomic mass is 10.0. The Morgan fingerprint density at radius 2 is 2.10 bits per heavy atom. The van der Waals surface area contributed by atoms with Crippen LogP contribution in [0.15, 0.2) is 35.0 Å². The van der Waals surface area contributed by atoms with Gasteiger partial charge in [-0.05, 0) is 47.5 Å². The van der Waals surface area contributed by atoms with Crippen LogP contribution in [0, 0.1) is 6.92 Å². The van der Waals surface area contributed by atoms with E-state index in [1.807, 2.05) is 6.07 Å². The maximum absolute atomic E-state index is 4.80. The zero-order valence-corrected chi connectivity index (χ0v) is 13.6. The molecule has 1 N–H and O–H groups in total. The third-order valence-corrected chi connectivity index (χ3v) is 4.87. The molecule has 0 aliphatic rings. The van der Waals surface area contributed by atoms with Gasteiger partial charge in [-0.2, -0.15) is 11.3 Å². The Hall–Kier alpha value is -1.65. The molecule has 0 radical (unpaired) electrons. The molecule has 3 rings (SSSR count). The molecule has 3 nitrogen and oxygen atoms in total. The number of fused-ring (bicyclic) bond motifs is 1.